The lowest BCUT2D eigenvalue weighted by atomic mass is 9.71. The number of rotatable bonds is 2. The lowest BCUT2D eigenvalue weighted by Crippen LogP contribution is -2.51. The smallest absolute Gasteiger partial charge is 0.0701 e. The molecule has 0 radical (unpaired) electrons. The van der Waals surface area contributed by atoms with Gasteiger partial charge in [-0.2, -0.15) is 11.8 Å². The van der Waals surface area contributed by atoms with E-state index in [-0.39, 0.29) is 5.60 Å². The molecule has 0 saturated carbocycles. The molecule has 0 aliphatic carbocycles. The number of ether oxygens (including phenoxy) is 1. The van der Waals surface area contributed by atoms with E-state index >= 15 is 0 Å². The van der Waals surface area contributed by atoms with E-state index in [4.69, 9.17) is 4.74 Å². The van der Waals surface area contributed by atoms with Crippen molar-refractivity contribution >= 4 is 11.8 Å². The van der Waals surface area contributed by atoms with Gasteiger partial charge in [-0.15, -0.1) is 0 Å². The molecular weight excluding hydrogens is 242 g/mol. The van der Waals surface area contributed by atoms with Gasteiger partial charge in [0.1, 0.15) is 0 Å². The minimum absolute atomic E-state index is 0.217. The lowest BCUT2D eigenvalue weighted by Gasteiger charge is -2.48. The van der Waals surface area contributed by atoms with Crippen LogP contribution in [0.1, 0.15) is 46.5 Å². The molecule has 2 saturated heterocycles. The van der Waals surface area contributed by atoms with E-state index in [0.29, 0.717) is 11.5 Å². The summed E-state index contributed by atoms with van der Waals surface area (Å²) in [5, 5.41) is 3.57. The standard InChI is InChI=1S/C15H29NOS/c1-14(2,3)13(16-4)12-5-8-17-15(11-12)6-9-18-10-7-15/h12-13,16H,5-11H2,1-4H3. The first kappa shape index (κ1) is 14.7. The van der Waals surface area contributed by atoms with E-state index in [2.05, 4.69) is 44.9 Å². The second kappa shape index (κ2) is 5.72. The molecule has 2 heterocycles. The quantitative estimate of drug-likeness (QED) is 0.832. The van der Waals surface area contributed by atoms with E-state index in [0.717, 1.165) is 12.5 Å². The van der Waals surface area contributed by atoms with Crippen molar-refractivity contribution in [3.63, 3.8) is 0 Å². The van der Waals surface area contributed by atoms with Crippen LogP contribution in [-0.4, -0.2) is 36.8 Å². The molecule has 2 unspecified atom stereocenters. The number of thioether (sulfide) groups is 1. The van der Waals surface area contributed by atoms with Gasteiger partial charge in [0.2, 0.25) is 0 Å². The van der Waals surface area contributed by atoms with Crippen LogP contribution in [0.2, 0.25) is 0 Å². The van der Waals surface area contributed by atoms with Gasteiger partial charge >= 0.3 is 0 Å². The van der Waals surface area contributed by atoms with Crippen molar-refractivity contribution in [2.24, 2.45) is 11.3 Å². The molecule has 2 fully saturated rings. The van der Waals surface area contributed by atoms with E-state index in [1.165, 1.54) is 37.2 Å². The van der Waals surface area contributed by atoms with Crippen molar-refractivity contribution in [2.45, 2.75) is 58.1 Å². The molecule has 106 valence electrons. The van der Waals surface area contributed by atoms with E-state index < -0.39 is 0 Å². The van der Waals surface area contributed by atoms with Gasteiger partial charge in [-0.05, 0) is 55.6 Å². The minimum Gasteiger partial charge on any atom is -0.375 e. The number of hydrogen-bond donors (Lipinski definition) is 1. The van der Waals surface area contributed by atoms with Crippen LogP contribution < -0.4 is 5.32 Å². The fraction of sp³-hybridized carbons (Fsp3) is 1.00. The van der Waals surface area contributed by atoms with Crippen LogP contribution in [0.15, 0.2) is 0 Å². The van der Waals surface area contributed by atoms with Gasteiger partial charge in [-0.25, -0.2) is 0 Å². The molecule has 0 amide bonds. The summed E-state index contributed by atoms with van der Waals surface area (Å²) in [6, 6.07) is 0.604. The van der Waals surface area contributed by atoms with Crippen LogP contribution in [0.4, 0.5) is 0 Å². The van der Waals surface area contributed by atoms with Crippen molar-refractivity contribution in [1.82, 2.24) is 5.32 Å². The second-order valence-electron chi connectivity index (χ2n) is 7.03. The molecular formula is C15H29NOS. The molecule has 2 aliphatic rings. The Morgan fingerprint density at radius 2 is 1.94 bits per heavy atom. The second-order valence-corrected chi connectivity index (χ2v) is 8.25. The molecule has 1 spiro atoms. The highest BCUT2D eigenvalue weighted by Gasteiger charge is 2.43. The molecule has 0 aromatic heterocycles. The maximum Gasteiger partial charge on any atom is 0.0701 e. The van der Waals surface area contributed by atoms with Crippen LogP contribution in [0.5, 0.6) is 0 Å². The maximum absolute atomic E-state index is 6.20. The van der Waals surface area contributed by atoms with Crippen LogP contribution in [0, 0.1) is 11.3 Å². The van der Waals surface area contributed by atoms with Crippen LogP contribution in [-0.2, 0) is 4.74 Å². The van der Waals surface area contributed by atoms with Crippen LogP contribution in [0.25, 0.3) is 0 Å². The molecule has 2 rings (SSSR count). The first-order chi connectivity index (χ1) is 8.47. The first-order valence-electron chi connectivity index (χ1n) is 7.36. The lowest BCUT2D eigenvalue weighted by molar-refractivity contribution is -0.112. The Kier molecular flexibility index (Phi) is 4.66. The van der Waals surface area contributed by atoms with Gasteiger partial charge in [-0.1, -0.05) is 20.8 Å². The summed E-state index contributed by atoms with van der Waals surface area (Å²) in [6.45, 7) is 8.02. The Morgan fingerprint density at radius 3 is 2.50 bits per heavy atom. The highest BCUT2D eigenvalue weighted by molar-refractivity contribution is 7.99. The summed E-state index contributed by atoms with van der Waals surface area (Å²) in [5.41, 5.74) is 0.551. The fourth-order valence-electron chi connectivity index (χ4n) is 3.82. The Balaban J connectivity index is 2.05. The molecule has 0 aromatic rings. The zero-order valence-corrected chi connectivity index (χ0v) is 13.2. The predicted molar refractivity (Wildman–Crippen MR) is 80.3 cm³/mol. The molecule has 0 bridgehead atoms. The third kappa shape index (κ3) is 3.23. The molecule has 2 nitrogen and oxygen atoms in total. The zero-order valence-electron chi connectivity index (χ0n) is 12.4. The summed E-state index contributed by atoms with van der Waals surface area (Å²) >= 11 is 2.09. The maximum atomic E-state index is 6.20. The van der Waals surface area contributed by atoms with Crippen LogP contribution >= 0.6 is 11.8 Å². The summed E-state index contributed by atoms with van der Waals surface area (Å²) in [4.78, 5) is 0. The van der Waals surface area contributed by atoms with Crippen molar-refractivity contribution in [3.8, 4) is 0 Å². The van der Waals surface area contributed by atoms with Gasteiger partial charge in [-0.3, -0.25) is 0 Å². The van der Waals surface area contributed by atoms with E-state index in [1.807, 2.05) is 0 Å². The topological polar surface area (TPSA) is 21.3 Å². The monoisotopic (exact) mass is 271 g/mol. The average Bonchev–Trinajstić information content (AvgIpc) is 2.29. The van der Waals surface area contributed by atoms with E-state index in [9.17, 15) is 0 Å². The Bertz CT molecular complexity index is 263. The van der Waals surface area contributed by atoms with Crippen molar-refractivity contribution in [1.29, 1.82) is 0 Å². The Hall–Kier alpha value is 0.270. The highest BCUT2D eigenvalue weighted by atomic mass is 32.2. The normalized spacial score (nSPS) is 30.3. The van der Waals surface area contributed by atoms with Gasteiger partial charge in [0, 0.05) is 12.6 Å². The van der Waals surface area contributed by atoms with Gasteiger partial charge < -0.3 is 10.1 Å². The molecule has 2 aliphatic heterocycles. The molecule has 0 aromatic carbocycles. The van der Waals surface area contributed by atoms with Crippen molar-refractivity contribution < 1.29 is 4.74 Å². The first-order valence-corrected chi connectivity index (χ1v) is 8.51. The molecule has 2 atom stereocenters. The van der Waals surface area contributed by atoms with E-state index in [1.54, 1.807) is 0 Å². The third-order valence-electron chi connectivity index (χ3n) is 4.65. The van der Waals surface area contributed by atoms with Gasteiger partial charge in [0.15, 0.2) is 0 Å². The zero-order chi connectivity index (χ0) is 13.2. The molecule has 1 N–H and O–H groups in total. The molecule has 18 heavy (non-hydrogen) atoms. The summed E-state index contributed by atoms with van der Waals surface area (Å²) in [7, 11) is 2.12. The number of hydrogen-bond acceptors (Lipinski definition) is 3. The van der Waals surface area contributed by atoms with Gasteiger partial charge in [0.25, 0.3) is 0 Å². The van der Waals surface area contributed by atoms with Gasteiger partial charge in [0.05, 0.1) is 5.60 Å². The Morgan fingerprint density at radius 1 is 1.28 bits per heavy atom. The average molecular weight is 271 g/mol. The fourth-order valence-corrected chi connectivity index (χ4v) is 5.05. The minimum atomic E-state index is 0.217. The summed E-state index contributed by atoms with van der Waals surface area (Å²) in [5.74, 6) is 3.34. The Labute approximate surface area is 117 Å². The highest BCUT2D eigenvalue weighted by Crippen LogP contribution is 2.43. The molecule has 3 heteroatoms. The van der Waals surface area contributed by atoms with Crippen molar-refractivity contribution in [2.75, 3.05) is 25.2 Å². The summed E-state index contributed by atoms with van der Waals surface area (Å²) < 4.78 is 6.20. The van der Waals surface area contributed by atoms with Crippen molar-refractivity contribution in [3.05, 3.63) is 0 Å². The third-order valence-corrected chi connectivity index (χ3v) is 5.64. The largest absolute Gasteiger partial charge is 0.375 e. The SMILES string of the molecule is CNC(C1CCOC2(CCSCC2)C1)C(C)(C)C. The summed E-state index contributed by atoms with van der Waals surface area (Å²) in [6.07, 6.45) is 5.00. The number of nitrogens with one attached hydrogen (secondary N) is 1. The van der Waals surface area contributed by atoms with Crippen LogP contribution in [0.3, 0.4) is 0 Å². The predicted octanol–water partition coefficient (Wildman–Crippen LogP) is 3.31.